The molecule has 0 aliphatic heterocycles. The molecule has 26 heavy (non-hydrogen) atoms. The predicted octanol–water partition coefficient (Wildman–Crippen LogP) is 3.20. The Balaban J connectivity index is 2.10. The minimum Gasteiger partial charge on any atom is -0.497 e. The van der Waals surface area contributed by atoms with Crippen LogP contribution in [0.1, 0.15) is 22.9 Å². The Morgan fingerprint density at radius 1 is 1.15 bits per heavy atom. The number of ether oxygens (including phenoxy) is 3. The van der Waals surface area contributed by atoms with Crippen LogP contribution in [-0.2, 0) is 14.3 Å². The van der Waals surface area contributed by atoms with Gasteiger partial charge in [0.15, 0.2) is 0 Å². The van der Waals surface area contributed by atoms with Gasteiger partial charge < -0.3 is 19.5 Å². The van der Waals surface area contributed by atoms with Crippen molar-refractivity contribution < 1.29 is 23.8 Å². The molecular weight excluding hydrogens is 354 g/mol. The van der Waals surface area contributed by atoms with E-state index in [0.29, 0.717) is 11.5 Å². The SMILES string of the molecule is COC(=O)CC(NC(=O)/C=C/c1cc(OC)cc(OC)c1)c1cccs1. The van der Waals surface area contributed by atoms with Crippen LogP contribution in [0.3, 0.4) is 0 Å². The third-order valence-electron chi connectivity index (χ3n) is 3.60. The van der Waals surface area contributed by atoms with E-state index in [1.807, 2.05) is 17.5 Å². The summed E-state index contributed by atoms with van der Waals surface area (Å²) >= 11 is 1.47. The Kier molecular flexibility index (Phi) is 7.23. The van der Waals surface area contributed by atoms with Crippen LogP contribution in [0.4, 0.5) is 0 Å². The molecule has 0 fully saturated rings. The van der Waals surface area contributed by atoms with Gasteiger partial charge in [-0.1, -0.05) is 6.07 Å². The average molecular weight is 375 g/mol. The molecule has 1 heterocycles. The molecule has 7 heteroatoms. The summed E-state index contributed by atoms with van der Waals surface area (Å²) in [5.74, 6) is 0.567. The summed E-state index contributed by atoms with van der Waals surface area (Å²) in [4.78, 5) is 24.8. The van der Waals surface area contributed by atoms with Crippen LogP contribution in [-0.4, -0.2) is 33.2 Å². The lowest BCUT2D eigenvalue weighted by Crippen LogP contribution is -2.28. The Morgan fingerprint density at radius 3 is 2.38 bits per heavy atom. The lowest BCUT2D eigenvalue weighted by atomic mass is 10.1. The van der Waals surface area contributed by atoms with Gasteiger partial charge in [0.2, 0.25) is 5.91 Å². The van der Waals surface area contributed by atoms with Crippen molar-refractivity contribution in [3.8, 4) is 11.5 Å². The number of thiophene rings is 1. The standard InChI is InChI=1S/C19H21NO5S/c1-23-14-9-13(10-15(11-14)24-2)6-7-18(21)20-16(12-19(22)25-3)17-5-4-8-26-17/h4-11,16H,12H2,1-3H3,(H,20,21)/b7-6+. The monoisotopic (exact) mass is 375 g/mol. The molecule has 2 rings (SSSR count). The van der Waals surface area contributed by atoms with E-state index >= 15 is 0 Å². The molecule has 0 spiro atoms. The number of amides is 1. The van der Waals surface area contributed by atoms with Crippen molar-refractivity contribution in [3.63, 3.8) is 0 Å². The van der Waals surface area contributed by atoms with Crippen LogP contribution < -0.4 is 14.8 Å². The number of methoxy groups -OCH3 is 3. The molecule has 1 amide bonds. The normalized spacial score (nSPS) is 11.8. The Hall–Kier alpha value is -2.80. The lowest BCUT2D eigenvalue weighted by molar-refractivity contribution is -0.141. The maximum absolute atomic E-state index is 12.3. The van der Waals surface area contributed by atoms with Gasteiger partial charge in [0.05, 0.1) is 33.8 Å². The predicted molar refractivity (Wildman–Crippen MR) is 100 cm³/mol. The fourth-order valence-electron chi connectivity index (χ4n) is 2.28. The van der Waals surface area contributed by atoms with Gasteiger partial charge in [0, 0.05) is 17.0 Å². The minimum atomic E-state index is -0.431. The summed E-state index contributed by atoms with van der Waals surface area (Å²) in [6, 6.07) is 8.64. The number of carbonyl (C=O) groups excluding carboxylic acids is 2. The molecule has 6 nitrogen and oxygen atoms in total. The van der Waals surface area contributed by atoms with Gasteiger partial charge >= 0.3 is 5.97 Å². The summed E-state index contributed by atoms with van der Waals surface area (Å²) in [5, 5.41) is 4.73. The zero-order valence-corrected chi connectivity index (χ0v) is 15.7. The summed E-state index contributed by atoms with van der Waals surface area (Å²) in [5.41, 5.74) is 0.761. The molecule has 0 radical (unpaired) electrons. The van der Waals surface area contributed by atoms with Gasteiger partial charge in [-0.15, -0.1) is 11.3 Å². The summed E-state index contributed by atoms with van der Waals surface area (Å²) in [7, 11) is 4.45. The van der Waals surface area contributed by atoms with E-state index in [1.54, 1.807) is 38.5 Å². The number of nitrogens with one attached hydrogen (secondary N) is 1. The first-order valence-electron chi connectivity index (χ1n) is 7.87. The minimum absolute atomic E-state index is 0.0730. The van der Waals surface area contributed by atoms with E-state index in [-0.39, 0.29) is 18.3 Å². The summed E-state index contributed by atoms with van der Waals surface area (Å²) in [6.07, 6.45) is 3.14. The van der Waals surface area contributed by atoms with E-state index in [4.69, 9.17) is 14.2 Å². The first-order chi connectivity index (χ1) is 12.5. The summed E-state index contributed by atoms with van der Waals surface area (Å²) < 4.78 is 15.1. The van der Waals surface area contributed by atoms with Crippen molar-refractivity contribution in [2.24, 2.45) is 0 Å². The van der Waals surface area contributed by atoms with Crippen molar-refractivity contribution in [2.75, 3.05) is 21.3 Å². The van der Waals surface area contributed by atoms with Crippen LogP contribution in [0, 0.1) is 0 Å². The van der Waals surface area contributed by atoms with Crippen molar-refractivity contribution in [1.29, 1.82) is 0 Å². The van der Waals surface area contributed by atoms with Crippen LogP contribution in [0.15, 0.2) is 41.8 Å². The molecule has 0 saturated heterocycles. The highest BCUT2D eigenvalue weighted by Crippen LogP contribution is 2.24. The van der Waals surface area contributed by atoms with Gasteiger partial charge in [-0.2, -0.15) is 0 Å². The molecule has 0 aliphatic carbocycles. The van der Waals surface area contributed by atoms with Crippen LogP contribution >= 0.6 is 11.3 Å². The maximum atomic E-state index is 12.3. The topological polar surface area (TPSA) is 73.9 Å². The fraction of sp³-hybridized carbons (Fsp3) is 0.263. The molecule has 138 valence electrons. The Bertz CT molecular complexity index is 748. The van der Waals surface area contributed by atoms with Crippen molar-refractivity contribution in [2.45, 2.75) is 12.5 Å². The van der Waals surface area contributed by atoms with Crippen LogP contribution in [0.2, 0.25) is 0 Å². The second-order valence-electron chi connectivity index (χ2n) is 5.34. The second kappa shape index (κ2) is 9.62. The van der Waals surface area contributed by atoms with Crippen LogP contribution in [0.25, 0.3) is 6.08 Å². The highest BCUT2D eigenvalue weighted by Gasteiger charge is 2.18. The number of rotatable bonds is 8. The van der Waals surface area contributed by atoms with E-state index < -0.39 is 6.04 Å². The lowest BCUT2D eigenvalue weighted by Gasteiger charge is -2.15. The van der Waals surface area contributed by atoms with Gasteiger partial charge in [-0.05, 0) is 35.2 Å². The smallest absolute Gasteiger partial charge is 0.307 e. The number of hydrogen-bond donors (Lipinski definition) is 1. The average Bonchev–Trinajstić information content (AvgIpc) is 3.20. The van der Waals surface area contributed by atoms with Crippen LogP contribution in [0.5, 0.6) is 11.5 Å². The highest BCUT2D eigenvalue weighted by molar-refractivity contribution is 7.10. The third kappa shape index (κ3) is 5.63. The number of hydrogen-bond acceptors (Lipinski definition) is 6. The Morgan fingerprint density at radius 2 is 1.85 bits per heavy atom. The zero-order valence-electron chi connectivity index (χ0n) is 14.9. The molecule has 2 aromatic rings. The highest BCUT2D eigenvalue weighted by atomic mass is 32.1. The van der Waals surface area contributed by atoms with E-state index in [1.165, 1.54) is 24.5 Å². The molecule has 1 N–H and O–H groups in total. The van der Waals surface area contributed by atoms with Crippen molar-refractivity contribution in [3.05, 3.63) is 52.2 Å². The summed E-state index contributed by atoms with van der Waals surface area (Å²) in [6.45, 7) is 0. The zero-order chi connectivity index (χ0) is 18.9. The second-order valence-corrected chi connectivity index (χ2v) is 6.32. The molecule has 0 bridgehead atoms. The van der Waals surface area contributed by atoms with Crippen molar-refractivity contribution >= 4 is 29.3 Å². The molecule has 0 aliphatic rings. The van der Waals surface area contributed by atoms with Crippen molar-refractivity contribution in [1.82, 2.24) is 5.32 Å². The molecule has 1 aromatic carbocycles. The molecule has 1 atom stereocenters. The molecule has 1 aromatic heterocycles. The van der Waals surface area contributed by atoms with Gasteiger partial charge in [-0.25, -0.2) is 0 Å². The molecule has 1 unspecified atom stereocenters. The van der Waals surface area contributed by atoms with Gasteiger partial charge in [0.1, 0.15) is 11.5 Å². The number of benzene rings is 1. The Labute approximate surface area is 156 Å². The maximum Gasteiger partial charge on any atom is 0.307 e. The molecule has 0 saturated carbocycles. The number of esters is 1. The number of carbonyl (C=O) groups is 2. The largest absolute Gasteiger partial charge is 0.497 e. The van der Waals surface area contributed by atoms with E-state index in [0.717, 1.165) is 10.4 Å². The fourth-order valence-corrected chi connectivity index (χ4v) is 3.06. The van der Waals surface area contributed by atoms with E-state index in [9.17, 15) is 9.59 Å². The first-order valence-corrected chi connectivity index (χ1v) is 8.75. The quantitative estimate of drug-likeness (QED) is 0.567. The van der Waals surface area contributed by atoms with Gasteiger partial charge in [0.25, 0.3) is 0 Å². The molecular formula is C19H21NO5S. The van der Waals surface area contributed by atoms with E-state index in [2.05, 4.69) is 5.32 Å². The van der Waals surface area contributed by atoms with Gasteiger partial charge in [-0.3, -0.25) is 9.59 Å². The first kappa shape index (κ1) is 19.5. The third-order valence-corrected chi connectivity index (χ3v) is 4.59.